The van der Waals surface area contributed by atoms with Gasteiger partial charge in [-0.05, 0) is 56.1 Å². The van der Waals surface area contributed by atoms with Crippen molar-refractivity contribution < 1.29 is 0 Å². The van der Waals surface area contributed by atoms with Crippen molar-refractivity contribution >= 4 is 0 Å². The van der Waals surface area contributed by atoms with Crippen LogP contribution < -0.4 is 0 Å². The van der Waals surface area contributed by atoms with Gasteiger partial charge in [0.1, 0.15) is 0 Å². The molecule has 2 rings (SSSR count). The zero-order valence-corrected chi connectivity index (χ0v) is 14.9. The second-order valence-electron chi connectivity index (χ2n) is 7.44. The number of aryl methyl sites for hydroxylation is 1. The maximum atomic E-state index is 2.47. The van der Waals surface area contributed by atoms with Crippen molar-refractivity contribution in [3.8, 4) is 0 Å². The molecule has 0 nitrogen and oxygen atoms in total. The molecule has 0 aromatic heterocycles. The molecule has 0 radical (unpaired) electrons. The highest BCUT2D eigenvalue weighted by Crippen LogP contribution is 2.29. The largest absolute Gasteiger partial charge is 0.0804 e. The molecule has 1 unspecified atom stereocenters. The minimum atomic E-state index is 0.786. The average molecular weight is 296 g/mol. The van der Waals surface area contributed by atoms with Crippen LogP contribution in [0.4, 0.5) is 0 Å². The van der Waals surface area contributed by atoms with Crippen molar-refractivity contribution in [1.82, 2.24) is 0 Å². The van der Waals surface area contributed by atoms with E-state index in [1.54, 1.807) is 5.57 Å². The molecular weight excluding hydrogens is 264 g/mol. The van der Waals surface area contributed by atoms with Crippen LogP contribution in [0.15, 0.2) is 47.6 Å². The fraction of sp³-hybridized carbons (Fsp3) is 0.545. The number of unbranched alkanes of at least 4 members (excludes halogenated alkanes) is 1. The molecule has 1 aromatic carbocycles. The summed E-state index contributed by atoms with van der Waals surface area (Å²) in [7, 11) is 0. The van der Waals surface area contributed by atoms with E-state index in [2.05, 4.69) is 64.1 Å². The monoisotopic (exact) mass is 296 g/mol. The summed E-state index contributed by atoms with van der Waals surface area (Å²) < 4.78 is 0. The molecule has 0 aliphatic heterocycles. The van der Waals surface area contributed by atoms with Gasteiger partial charge in [0, 0.05) is 0 Å². The zero-order chi connectivity index (χ0) is 15.9. The van der Waals surface area contributed by atoms with Crippen LogP contribution in [0.3, 0.4) is 0 Å². The van der Waals surface area contributed by atoms with Crippen molar-refractivity contribution in [2.45, 2.75) is 66.2 Å². The molecule has 0 N–H and O–H groups in total. The molecule has 1 atom stereocenters. The molecule has 1 aliphatic rings. The van der Waals surface area contributed by atoms with E-state index in [-0.39, 0.29) is 0 Å². The molecular formula is C22H32. The Balaban J connectivity index is 1.83. The fourth-order valence-corrected chi connectivity index (χ4v) is 3.42. The predicted molar refractivity (Wildman–Crippen MR) is 98.1 cm³/mol. The minimum Gasteiger partial charge on any atom is -0.0804 e. The highest BCUT2D eigenvalue weighted by Gasteiger charge is 2.14. The maximum Gasteiger partial charge on any atom is -0.00288 e. The van der Waals surface area contributed by atoms with Crippen LogP contribution in [0.2, 0.25) is 0 Å². The molecule has 1 aromatic rings. The lowest BCUT2D eigenvalue weighted by molar-refractivity contribution is 0.475. The van der Waals surface area contributed by atoms with Crippen LogP contribution in [0.25, 0.3) is 0 Å². The zero-order valence-electron chi connectivity index (χ0n) is 14.9. The first-order chi connectivity index (χ1) is 10.5. The molecule has 0 spiro atoms. The third-order valence-corrected chi connectivity index (χ3v) is 4.80. The van der Waals surface area contributed by atoms with Gasteiger partial charge in [-0.25, -0.2) is 0 Å². The van der Waals surface area contributed by atoms with E-state index in [1.165, 1.54) is 48.8 Å². The molecule has 0 heterocycles. The van der Waals surface area contributed by atoms with Crippen molar-refractivity contribution in [3.05, 3.63) is 58.7 Å². The summed E-state index contributed by atoms with van der Waals surface area (Å²) >= 11 is 0. The summed E-state index contributed by atoms with van der Waals surface area (Å²) in [5, 5.41) is 0. The van der Waals surface area contributed by atoms with Gasteiger partial charge in [0.25, 0.3) is 0 Å². The second kappa shape index (κ2) is 8.36. The molecule has 0 amide bonds. The smallest absolute Gasteiger partial charge is 0.00288 e. The van der Waals surface area contributed by atoms with Crippen LogP contribution in [0.1, 0.15) is 64.0 Å². The molecule has 22 heavy (non-hydrogen) atoms. The van der Waals surface area contributed by atoms with Crippen molar-refractivity contribution in [2.75, 3.05) is 0 Å². The Morgan fingerprint density at radius 3 is 2.64 bits per heavy atom. The fourth-order valence-electron chi connectivity index (χ4n) is 3.42. The van der Waals surface area contributed by atoms with E-state index in [0.29, 0.717) is 0 Å². The van der Waals surface area contributed by atoms with Crippen LogP contribution in [0, 0.1) is 18.8 Å². The Hall–Kier alpha value is -1.30. The van der Waals surface area contributed by atoms with Gasteiger partial charge in [-0.1, -0.05) is 80.7 Å². The number of hydrogen-bond acceptors (Lipinski definition) is 0. The molecule has 0 bridgehead atoms. The van der Waals surface area contributed by atoms with Crippen LogP contribution in [-0.2, 0) is 6.42 Å². The first-order valence-corrected chi connectivity index (χ1v) is 8.97. The maximum absolute atomic E-state index is 2.47. The lowest BCUT2D eigenvalue weighted by Crippen LogP contribution is -2.07. The van der Waals surface area contributed by atoms with E-state index in [0.717, 1.165) is 18.3 Å². The lowest BCUT2D eigenvalue weighted by atomic mass is 9.84. The van der Waals surface area contributed by atoms with Gasteiger partial charge in [0.15, 0.2) is 0 Å². The average Bonchev–Trinajstić information content (AvgIpc) is 2.45. The third kappa shape index (κ3) is 5.48. The minimum absolute atomic E-state index is 0.786. The summed E-state index contributed by atoms with van der Waals surface area (Å²) in [5.74, 6) is 1.64. The van der Waals surface area contributed by atoms with Crippen LogP contribution in [0.5, 0.6) is 0 Å². The topological polar surface area (TPSA) is 0 Å². The van der Waals surface area contributed by atoms with Gasteiger partial charge in [0.2, 0.25) is 0 Å². The summed E-state index contributed by atoms with van der Waals surface area (Å²) in [4.78, 5) is 0. The quantitative estimate of drug-likeness (QED) is 0.494. The molecule has 0 heteroatoms. The first-order valence-electron chi connectivity index (χ1n) is 8.97. The van der Waals surface area contributed by atoms with E-state index >= 15 is 0 Å². The van der Waals surface area contributed by atoms with Crippen LogP contribution >= 0.6 is 0 Å². The molecule has 0 saturated carbocycles. The Morgan fingerprint density at radius 1 is 1.14 bits per heavy atom. The standard InChI is InChI=1S/C22H32/c1-17(2)8-5-6-11-22-13-12-21(15-19(22)4)16-20-10-7-9-18(3)14-20/h7,9-10,12,14-15,17,22H,5-6,8,11,13,16H2,1-4H3. The van der Waals surface area contributed by atoms with Gasteiger partial charge in [-0.2, -0.15) is 0 Å². The van der Waals surface area contributed by atoms with Crippen molar-refractivity contribution in [3.63, 3.8) is 0 Å². The van der Waals surface area contributed by atoms with Crippen molar-refractivity contribution in [1.29, 1.82) is 0 Å². The summed E-state index contributed by atoms with van der Waals surface area (Å²) in [6.45, 7) is 9.15. The lowest BCUT2D eigenvalue weighted by Gasteiger charge is -2.22. The molecule has 1 aliphatic carbocycles. The summed E-state index contributed by atoms with van der Waals surface area (Å²) in [6, 6.07) is 8.90. The highest BCUT2D eigenvalue weighted by atomic mass is 14.2. The van der Waals surface area contributed by atoms with Crippen LogP contribution in [-0.4, -0.2) is 0 Å². The van der Waals surface area contributed by atoms with Gasteiger partial charge in [-0.3, -0.25) is 0 Å². The second-order valence-corrected chi connectivity index (χ2v) is 7.44. The Morgan fingerprint density at radius 2 is 1.95 bits per heavy atom. The van der Waals surface area contributed by atoms with Gasteiger partial charge in [0.05, 0.1) is 0 Å². The first kappa shape index (κ1) is 17.1. The van der Waals surface area contributed by atoms with Crippen molar-refractivity contribution in [2.24, 2.45) is 11.8 Å². The Kier molecular flexibility index (Phi) is 6.49. The highest BCUT2D eigenvalue weighted by molar-refractivity contribution is 5.35. The van der Waals surface area contributed by atoms with Gasteiger partial charge >= 0.3 is 0 Å². The SMILES string of the molecule is CC1=CC(Cc2cccc(C)c2)=CCC1CCCCC(C)C. The summed E-state index contributed by atoms with van der Waals surface area (Å²) in [5.41, 5.74) is 5.89. The molecule has 120 valence electrons. The molecule has 0 fully saturated rings. The van der Waals surface area contributed by atoms with E-state index in [1.807, 2.05) is 0 Å². The number of benzene rings is 1. The molecule has 0 saturated heterocycles. The Bertz CT molecular complexity index is 531. The third-order valence-electron chi connectivity index (χ3n) is 4.80. The Labute approximate surface area is 137 Å². The summed E-state index contributed by atoms with van der Waals surface area (Å²) in [6.07, 6.45) is 12.8. The van der Waals surface area contributed by atoms with Gasteiger partial charge in [-0.15, -0.1) is 0 Å². The predicted octanol–water partition coefficient (Wildman–Crippen LogP) is 6.65. The van der Waals surface area contributed by atoms with E-state index in [4.69, 9.17) is 0 Å². The number of hydrogen-bond donors (Lipinski definition) is 0. The normalized spacial score (nSPS) is 18.3. The number of allylic oxidation sites excluding steroid dienone is 4. The van der Waals surface area contributed by atoms with E-state index in [9.17, 15) is 0 Å². The van der Waals surface area contributed by atoms with E-state index < -0.39 is 0 Å². The van der Waals surface area contributed by atoms with Gasteiger partial charge < -0.3 is 0 Å². The number of rotatable bonds is 7.